The summed E-state index contributed by atoms with van der Waals surface area (Å²) in [6.45, 7) is 5.10. The molecule has 4 heteroatoms. The van der Waals surface area contributed by atoms with Crippen molar-refractivity contribution in [1.29, 1.82) is 0 Å². The van der Waals surface area contributed by atoms with Crippen molar-refractivity contribution >= 4 is 17.7 Å². The van der Waals surface area contributed by atoms with E-state index < -0.39 is 5.97 Å². The van der Waals surface area contributed by atoms with Gasteiger partial charge in [-0.3, -0.25) is 4.79 Å². The molecule has 0 saturated heterocycles. The molecule has 0 aromatic heterocycles. The van der Waals surface area contributed by atoms with Crippen LogP contribution in [0.2, 0.25) is 0 Å². The van der Waals surface area contributed by atoms with Gasteiger partial charge in [-0.2, -0.15) is 11.8 Å². The summed E-state index contributed by atoms with van der Waals surface area (Å²) in [6, 6.07) is -0.360. The van der Waals surface area contributed by atoms with E-state index in [4.69, 9.17) is 5.11 Å². The van der Waals surface area contributed by atoms with Crippen LogP contribution in [0.15, 0.2) is 0 Å². The highest BCUT2D eigenvalue weighted by atomic mass is 32.2. The number of carbonyl (C=O) groups is 1. The van der Waals surface area contributed by atoms with Gasteiger partial charge in [0.05, 0.1) is 0 Å². The second kappa shape index (κ2) is 11.3. The van der Waals surface area contributed by atoms with Crippen LogP contribution in [0.3, 0.4) is 0 Å². The molecule has 16 heavy (non-hydrogen) atoms. The molecule has 0 saturated carbocycles. The van der Waals surface area contributed by atoms with Crippen LogP contribution in [0.1, 0.15) is 46.0 Å². The van der Waals surface area contributed by atoms with E-state index in [9.17, 15) is 4.79 Å². The first-order chi connectivity index (χ1) is 7.72. The molecule has 0 heterocycles. The van der Waals surface area contributed by atoms with E-state index in [1.54, 1.807) is 0 Å². The summed E-state index contributed by atoms with van der Waals surface area (Å²) in [5.74, 6) is 1.38. The molecule has 0 aromatic rings. The van der Waals surface area contributed by atoms with Crippen LogP contribution in [-0.2, 0) is 4.79 Å². The van der Waals surface area contributed by atoms with Crippen LogP contribution >= 0.6 is 11.8 Å². The minimum absolute atomic E-state index is 0.360. The standard InChI is InChI=1S/C12H25NO2S/c1-3-5-8-13-11(12(14)15)7-10-16-9-6-4-2/h11,13H,3-10H2,1-2H3,(H,14,15)/t11-/m0/s1. The summed E-state index contributed by atoms with van der Waals surface area (Å²) < 4.78 is 0. The number of hydrogen-bond donors (Lipinski definition) is 2. The van der Waals surface area contributed by atoms with Gasteiger partial charge in [0, 0.05) is 0 Å². The molecule has 2 N–H and O–H groups in total. The quantitative estimate of drug-likeness (QED) is 0.551. The average Bonchev–Trinajstić information content (AvgIpc) is 2.26. The first-order valence-electron chi connectivity index (χ1n) is 6.26. The number of nitrogens with one attached hydrogen (secondary N) is 1. The molecule has 1 atom stereocenters. The largest absolute Gasteiger partial charge is 0.480 e. The van der Waals surface area contributed by atoms with Crippen LogP contribution in [0, 0.1) is 0 Å². The molecule has 0 aliphatic rings. The maximum Gasteiger partial charge on any atom is 0.320 e. The monoisotopic (exact) mass is 247 g/mol. The van der Waals surface area contributed by atoms with E-state index in [0.29, 0.717) is 0 Å². The Balaban J connectivity index is 3.56. The van der Waals surface area contributed by atoms with Crippen LogP contribution < -0.4 is 5.32 Å². The second-order valence-electron chi connectivity index (χ2n) is 3.95. The number of unbranched alkanes of at least 4 members (excludes halogenated alkanes) is 2. The van der Waals surface area contributed by atoms with Crippen molar-refractivity contribution in [3.63, 3.8) is 0 Å². The molecule has 0 aliphatic heterocycles. The van der Waals surface area contributed by atoms with Crippen molar-refractivity contribution in [2.45, 2.75) is 52.0 Å². The van der Waals surface area contributed by atoms with E-state index in [1.807, 2.05) is 11.8 Å². The van der Waals surface area contributed by atoms with Gasteiger partial charge in [-0.15, -0.1) is 0 Å². The summed E-state index contributed by atoms with van der Waals surface area (Å²) >= 11 is 1.86. The van der Waals surface area contributed by atoms with Gasteiger partial charge in [0.2, 0.25) is 0 Å². The van der Waals surface area contributed by atoms with E-state index in [1.165, 1.54) is 12.8 Å². The summed E-state index contributed by atoms with van der Waals surface area (Å²) in [5.41, 5.74) is 0. The maximum absolute atomic E-state index is 10.9. The lowest BCUT2D eigenvalue weighted by molar-refractivity contribution is -0.139. The first kappa shape index (κ1) is 15.8. The number of carboxylic acids is 1. The van der Waals surface area contributed by atoms with Crippen molar-refractivity contribution in [2.75, 3.05) is 18.1 Å². The van der Waals surface area contributed by atoms with Gasteiger partial charge >= 0.3 is 5.97 Å². The Hall–Kier alpha value is -0.220. The second-order valence-corrected chi connectivity index (χ2v) is 5.18. The van der Waals surface area contributed by atoms with Gasteiger partial charge in [0.1, 0.15) is 6.04 Å². The van der Waals surface area contributed by atoms with E-state index in [-0.39, 0.29) is 6.04 Å². The third-order valence-corrected chi connectivity index (χ3v) is 3.51. The molecule has 0 bridgehead atoms. The number of carboxylic acid groups (broad SMARTS) is 1. The number of aliphatic carboxylic acids is 1. The average molecular weight is 247 g/mol. The smallest absolute Gasteiger partial charge is 0.320 e. The molecule has 0 aromatic carbocycles. The lowest BCUT2D eigenvalue weighted by Crippen LogP contribution is -2.37. The highest BCUT2D eigenvalue weighted by Gasteiger charge is 2.15. The highest BCUT2D eigenvalue weighted by Crippen LogP contribution is 2.08. The lowest BCUT2D eigenvalue weighted by atomic mass is 10.2. The first-order valence-corrected chi connectivity index (χ1v) is 7.41. The predicted octanol–water partition coefficient (Wildman–Crippen LogP) is 2.75. The zero-order chi connectivity index (χ0) is 12.2. The molecule has 0 aliphatic carbocycles. The molecule has 0 unspecified atom stereocenters. The van der Waals surface area contributed by atoms with Crippen LogP contribution in [0.25, 0.3) is 0 Å². The Kier molecular flexibility index (Phi) is 11.1. The van der Waals surface area contributed by atoms with Crippen molar-refractivity contribution in [2.24, 2.45) is 0 Å². The number of rotatable bonds is 11. The van der Waals surface area contributed by atoms with Gasteiger partial charge < -0.3 is 10.4 Å². The third-order valence-electron chi connectivity index (χ3n) is 2.41. The molecule has 0 fully saturated rings. The fraction of sp³-hybridized carbons (Fsp3) is 0.917. The fourth-order valence-electron chi connectivity index (χ4n) is 1.32. The maximum atomic E-state index is 10.9. The van der Waals surface area contributed by atoms with Crippen LogP contribution in [0.4, 0.5) is 0 Å². The minimum Gasteiger partial charge on any atom is -0.480 e. The lowest BCUT2D eigenvalue weighted by Gasteiger charge is -2.13. The fourth-order valence-corrected chi connectivity index (χ4v) is 2.41. The molecule has 0 spiro atoms. The Morgan fingerprint density at radius 2 is 1.94 bits per heavy atom. The van der Waals surface area contributed by atoms with Crippen LogP contribution in [0.5, 0.6) is 0 Å². The van der Waals surface area contributed by atoms with E-state index >= 15 is 0 Å². The number of thioether (sulfide) groups is 1. The molecule has 0 amide bonds. The molecule has 0 radical (unpaired) electrons. The minimum atomic E-state index is -0.716. The zero-order valence-corrected chi connectivity index (χ0v) is 11.3. The summed E-state index contributed by atoms with van der Waals surface area (Å²) in [7, 11) is 0. The predicted molar refractivity (Wildman–Crippen MR) is 71.2 cm³/mol. The molecular weight excluding hydrogens is 222 g/mol. The number of hydrogen-bond acceptors (Lipinski definition) is 3. The van der Waals surface area contributed by atoms with Gasteiger partial charge in [-0.1, -0.05) is 26.7 Å². The SMILES string of the molecule is CCCCN[C@@H](CCSCCCC)C(=O)O. The summed E-state index contributed by atoms with van der Waals surface area (Å²) in [4.78, 5) is 10.9. The molecular formula is C12H25NO2S. The van der Waals surface area contributed by atoms with Gasteiger partial charge in [-0.05, 0) is 37.3 Å². The van der Waals surface area contributed by atoms with E-state index in [0.717, 1.165) is 37.3 Å². The molecule has 3 nitrogen and oxygen atoms in total. The zero-order valence-electron chi connectivity index (χ0n) is 10.5. The third kappa shape index (κ3) is 9.04. The topological polar surface area (TPSA) is 49.3 Å². The van der Waals surface area contributed by atoms with E-state index in [2.05, 4.69) is 19.2 Å². The summed E-state index contributed by atoms with van der Waals surface area (Å²) in [5, 5.41) is 12.1. The van der Waals surface area contributed by atoms with Gasteiger partial charge in [0.15, 0.2) is 0 Å². The Morgan fingerprint density at radius 1 is 1.25 bits per heavy atom. The Labute approximate surface area is 103 Å². The molecule has 0 rings (SSSR count). The molecule has 96 valence electrons. The van der Waals surface area contributed by atoms with Crippen LogP contribution in [-0.4, -0.2) is 35.2 Å². The van der Waals surface area contributed by atoms with Crippen molar-refractivity contribution in [3.8, 4) is 0 Å². The van der Waals surface area contributed by atoms with Crippen molar-refractivity contribution in [3.05, 3.63) is 0 Å². The van der Waals surface area contributed by atoms with Crippen molar-refractivity contribution < 1.29 is 9.90 Å². The Bertz CT molecular complexity index is 176. The Morgan fingerprint density at radius 3 is 2.50 bits per heavy atom. The highest BCUT2D eigenvalue weighted by molar-refractivity contribution is 7.99. The van der Waals surface area contributed by atoms with Gasteiger partial charge in [-0.25, -0.2) is 0 Å². The summed E-state index contributed by atoms with van der Waals surface area (Å²) in [6.07, 6.45) is 5.32. The normalized spacial score (nSPS) is 12.6. The van der Waals surface area contributed by atoms with Crippen molar-refractivity contribution in [1.82, 2.24) is 5.32 Å². The van der Waals surface area contributed by atoms with Gasteiger partial charge in [0.25, 0.3) is 0 Å².